The molecule has 39 heavy (non-hydrogen) atoms. The third-order valence-corrected chi connectivity index (χ3v) is 7.61. The molecule has 3 heterocycles. The number of ether oxygens (including phenoxy) is 1. The molecule has 0 saturated carbocycles. The number of hydrogen-bond acceptors (Lipinski definition) is 12. The number of aromatic nitrogens is 4. The Morgan fingerprint density at radius 2 is 1.54 bits per heavy atom. The van der Waals surface area contributed by atoms with E-state index in [2.05, 4.69) is 15.0 Å². The molecule has 0 radical (unpaired) electrons. The van der Waals surface area contributed by atoms with Crippen molar-refractivity contribution in [3.63, 3.8) is 0 Å². The van der Waals surface area contributed by atoms with E-state index in [1.165, 1.54) is 17.2 Å². The highest BCUT2D eigenvalue weighted by molar-refractivity contribution is 7.48. The van der Waals surface area contributed by atoms with Crippen molar-refractivity contribution in [2.75, 3.05) is 12.3 Å². The highest BCUT2D eigenvalue weighted by atomic mass is 31.2. The van der Waals surface area contributed by atoms with Crippen LogP contribution < -0.4 is 5.73 Å². The van der Waals surface area contributed by atoms with Gasteiger partial charge in [-0.2, -0.15) is 0 Å². The largest absolute Gasteiger partial charge is 0.475 e. The van der Waals surface area contributed by atoms with E-state index in [0.717, 1.165) is 0 Å². The van der Waals surface area contributed by atoms with Crippen molar-refractivity contribution in [1.82, 2.24) is 19.5 Å². The summed E-state index contributed by atoms with van der Waals surface area (Å²) in [5.41, 5.74) is 7.78. The molecule has 13 nitrogen and oxygen atoms in total. The average Bonchev–Trinajstić information content (AvgIpc) is 3.40. The van der Waals surface area contributed by atoms with Crippen molar-refractivity contribution in [2.45, 2.75) is 43.9 Å². The molecule has 0 spiro atoms. The molecule has 5 atom stereocenters. The summed E-state index contributed by atoms with van der Waals surface area (Å²) in [5.74, 6) is 0.115. The number of hydrogen-bond donors (Lipinski definition) is 4. The van der Waals surface area contributed by atoms with Gasteiger partial charge in [-0.05, 0) is 11.1 Å². The lowest BCUT2D eigenvalue weighted by Crippen LogP contribution is -2.57. The molecular formula is C25H28N5O8P. The van der Waals surface area contributed by atoms with Crippen molar-refractivity contribution in [3.05, 3.63) is 84.4 Å². The maximum atomic E-state index is 13.9. The Morgan fingerprint density at radius 3 is 2.13 bits per heavy atom. The lowest BCUT2D eigenvalue weighted by molar-refractivity contribution is -0.247. The van der Waals surface area contributed by atoms with E-state index in [-0.39, 0.29) is 30.2 Å². The lowest BCUT2D eigenvalue weighted by Gasteiger charge is -2.42. The van der Waals surface area contributed by atoms with Crippen LogP contribution >= 0.6 is 7.82 Å². The Labute approximate surface area is 223 Å². The van der Waals surface area contributed by atoms with Crippen LogP contribution in [0.3, 0.4) is 0 Å². The Morgan fingerprint density at radius 1 is 0.923 bits per heavy atom. The fourth-order valence-corrected chi connectivity index (χ4v) is 5.54. The second-order valence-electron chi connectivity index (χ2n) is 8.85. The first-order chi connectivity index (χ1) is 18.9. The summed E-state index contributed by atoms with van der Waals surface area (Å²) < 4.78 is 38.1. The van der Waals surface area contributed by atoms with Crippen LogP contribution in [0, 0.1) is 0 Å². The van der Waals surface area contributed by atoms with Gasteiger partial charge in [-0.15, -0.1) is 0 Å². The lowest BCUT2D eigenvalue weighted by atomic mass is 9.98. The number of rotatable bonds is 10. The van der Waals surface area contributed by atoms with Crippen molar-refractivity contribution in [3.8, 4) is 0 Å². The highest BCUT2D eigenvalue weighted by Crippen LogP contribution is 2.54. The van der Waals surface area contributed by atoms with Crippen molar-refractivity contribution >= 4 is 24.8 Å². The first-order valence-electron chi connectivity index (χ1n) is 12.1. The average molecular weight is 558 g/mol. The number of nitrogen functional groups attached to an aromatic ring is 1. The fourth-order valence-electron chi connectivity index (χ4n) is 4.18. The van der Waals surface area contributed by atoms with E-state index < -0.39 is 45.1 Å². The number of aliphatic hydroxyl groups is 3. The quantitative estimate of drug-likeness (QED) is 0.208. The van der Waals surface area contributed by atoms with Gasteiger partial charge in [-0.1, -0.05) is 60.7 Å². The fraction of sp³-hybridized carbons (Fsp3) is 0.320. The predicted octanol–water partition coefficient (Wildman–Crippen LogP) is 1.95. The molecule has 0 aliphatic carbocycles. The van der Waals surface area contributed by atoms with Gasteiger partial charge >= 0.3 is 7.82 Å². The van der Waals surface area contributed by atoms with Gasteiger partial charge in [0.1, 0.15) is 36.3 Å². The third kappa shape index (κ3) is 6.01. The van der Waals surface area contributed by atoms with Crippen molar-refractivity contribution in [1.29, 1.82) is 0 Å². The van der Waals surface area contributed by atoms with Crippen LogP contribution in [0.2, 0.25) is 0 Å². The van der Waals surface area contributed by atoms with Gasteiger partial charge in [0.15, 0.2) is 17.7 Å². The predicted molar refractivity (Wildman–Crippen MR) is 138 cm³/mol. The molecule has 1 fully saturated rings. The van der Waals surface area contributed by atoms with Gasteiger partial charge in [0.25, 0.3) is 0 Å². The molecule has 14 heteroatoms. The van der Waals surface area contributed by atoms with Crippen LogP contribution in [0.4, 0.5) is 5.82 Å². The summed E-state index contributed by atoms with van der Waals surface area (Å²) >= 11 is 0. The number of nitrogens with zero attached hydrogens (tertiary/aromatic N) is 4. The molecule has 2 aromatic heterocycles. The zero-order chi connectivity index (χ0) is 27.4. The standard InChI is InChI=1S/C25H28N5O8P/c26-23-19-24(28-14-27-23)30(15-29-19)25-21(33)22(20(32)18(11-31)37-25)38-39(34,35-12-16-7-3-1-4-8-16)36-13-17-9-5-2-6-10-17/h1-10,14-15,18,20-22,25,31-33H,11-13H2,(H2,26,27,28)/t18-,20-,21-,22+,25-/m1/s1. The molecule has 0 unspecified atom stereocenters. The van der Waals surface area contributed by atoms with Crippen LogP contribution in [-0.2, 0) is 36.1 Å². The minimum atomic E-state index is -4.42. The number of benzene rings is 2. The number of imidazole rings is 1. The summed E-state index contributed by atoms with van der Waals surface area (Å²) in [7, 11) is -4.42. The van der Waals surface area contributed by atoms with Crippen LogP contribution in [0.1, 0.15) is 17.4 Å². The zero-order valence-electron chi connectivity index (χ0n) is 20.6. The number of fused-ring (bicyclic) bond motifs is 1. The van der Waals surface area contributed by atoms with Gasteiger partial charge in [0.2, 0.25) is 0 Å². The molecule has 2 aromatic carbocycles. The summed E-state index contributed by atoms with van der Waals surface area (Å²) in [6.07, 6.45) is -4.71. The van der Waals surface area contributed by atoms with Gasteiger partial charge in [0.05, 0.1) is 26.1 Å². The molecule has 0 bridgehead atoms. The molecule has 5 N–H and O–H groups in total. The van der Waals surface area contributed by atoms with E-state index >= 15 is 0 Å². The van der Waals surface area contributed by atoms with Crippen molar-refractivity contribution in [2.24, 2.45) is 0 Å². The molecule has 0 amide bonds. The molecule has 5 rings (SSSR count). The third-order valence-electron chi connectivity index (χ3n) is 6.22. The SMILES string of the molecule is Nc1ncnc2c1ncn2[C@@H]1O[C@H](CO)[C@@H](O)[C@H](OP(=O)(OCc2ccccc2)OCc2ccccc2)[C@H]1O. The first-order valence-corrected chi connectivity index (χ1v) is 13.6. The van der Waals surface area contributed by atoms with Crippen LogP contribution in [0.5, 0.6) is 0 Å². The van der Waals surface area contributed by atoms with Crippen molar-refractivity contribution < 1.29 is 38.2 Å². The topological polar surface area (TPSA) is 184 Å². The molecule has 1 aliphatic heterocycles. The highest BCUT2D eigenvalue weighted by Gasteiger charge is 2.50. The molecular weight excluding hydrogens is 529 g/mol. The maximum absolute atomic E-state index is 13.9. The smallest absolute Gasteiger partial charge is 0.394 e. The number of phosphoric ester groups is 1. The summed E-state index contributed by atoms with van der Waals surface area (Å²) in [5, 5.41) is 32.1. The van der Waals surface area contributed by atoms with E-state index in [1.807, 2.05) is 12.1 Å². The summed E-state index contributed by atoms with van der Waals surface area (Å²) in [6, 6.07) is 17.9. The Hall–Kier alpha value is -3.26. The number of phosphoric acid groups is 1. The normalized spacial score (nSPS) is 23.7. The van der Waals surface area contributed by atoms with E-state index in [0.29, 0.717) is 11.1 Å². The number of nitrogens with two attached hydrogens (primary N) is 1. The van der Waals surface area contributed by atoms with Gasteiger partial charge in [0, 0.05) is 0 Å². The van der Waals surface area contributed by atoms with E-state index in [4.69, 9.17) is 24.0 Å². The van der Waals surface area contributed by atoms with Crippen LogP contribution in [0.25, 0.3) is 11.2 Å². The molecule has 1 aliphatic rings. The molecule has 1 saturated heterocycles. The Bertz CT molecular complexity index is 1380. The zero-order valence-corrected chi connectivity index (χ0v) is 21.5. The van der Waals surface area contributed by atoms with E-state index in [9.17, 15) is 19.9 Å². The van der Waals surface area contributed by atoms with E-state index in [1.54, 1.807) is 48.5 Å². The Kier molecular flexibility index (Phi) is 8.31. The minimum Gasteiger partial charge on any atom is -0.394 e. The summed E-state index contributed by atoms with van der Waals surface area (Å²) in [4.78, 5) is 12.2. The monoisotopic (exact) mass is 557 g/mol. The number of aliphatic hydroxyl groups excluding tert-OH is 3. The maximum Gasteiger partial charge on any atom is 0.475 e. The minimum absolute atomic E-state index is 0.115. The first kappa shape index (κ1) is 27.3. The van der Waals surface area contributed by atoms with Crippen LogP contribution in [-0.4, -0.2) is 65.9 Å². The summed E-state index contributed by atoms with van der Waals surface area (Å²) in [6.45, 7) is -0.886. The molecule has 206 valence electrons. The molecule has 4 aromatic rings. The second-order valence-corrected chi connectivity index (χ2v) is 10.5. The number of anilines is 1. The van der Waals surface area contributed by atoms with Crippen LogP contribution in [0.15, 0.2) is 73.3 Å². The Balaban J connectivity index is 1.43. The van der Waals surface area contributed by atoms with Gasteiger partial charge in [-0.3, -0.25) is 18.1 Å². The second kappa shape index (κ2) is 11.9. The van der Waals surface area contributed by atoms with Gasteiger partial charge < -0.3 is 25.8 Å². The van der Waals surface area contributed by atoms with Gasteiger partial charge in [-0.25, -0.2) is 19.5 Å².